The van der Waals surface area contributed by atoms with Gasteiger partial charge in [0.25, 0.3) is 18.3 Å². The zero-order chi connectivity index (χ0) is 30.0. The van der Waals surface area contributed by atoms with E-state index in [4.69, 9.17) is 28.2 Å². The minimum atomic E-state index is -4.52. The van der Waals surface area contributed by atoms with Gasteiger partial charge in [0.2, 0.25) is 5.91 Å². The standard InChI is InChI=1S/C25H32BrClFN4O5S2Si/c1-25(2,3)40(4,5)37-21-19(30-24(38)29-18-8-6-7-17(28)20(18)26)10-9-16(27)22(21)39(35,36)31-23(33)15-11-13-32(34)14-12-15/h6-10,15H,11-14H2,1-5H3,(H,31,33)(H2,29,30,38)/q-1. The summed E-state index contributed by atoms with van der Waals surface area (Å²) in [6.45, 7) is 10.1. The summed E-state index contributed by atoms with van der Waals surface area (Å²) in [5.74, 6) is -1.93. The van der Waals surface area contributed by atoms with E-state index in [-0.39, 0.29) is 57.0 Å². The number of carbonyl (C=O) groups excluding carboxylic acids is 1. The van der Waals surface area contributed by atoms with Crippen molar-refractivity contribution in [2.75, 3.05) is 23.7 Å². The third kappa shape index (κ3) is 7.72. The fourth-order valence-corrected chi connectivity index (χ4v) is 7.05. The van der Waals surface area contributed by atoms with Crippen LogP contribution in [0.2, 0.25) is 23.2 Å². The third-order valence-electron chi connectivity index (χ3n) is 7.00. The molecule has 40 heavy (non-hydrogen) atoms. The van der Waals surface area contributed by atoms with Gasteiger partial charge >= 0.3 is 0 Å². The molecule has 1 heterocycles. The minimum absolute atomic E-state index is 0.0328. The molecule has 0 saturated carbocycles. The number of carbonyl (C=O) groups is 1. The van der Waals surface area contributed by atoms with Crippen molar-refractivity contribution in [3.63, 3.8) is 0 Å². The van der Waals surface area contributed by atoms with E-state index in [1.807, 2.05) is 33.9 Å². The molecule has 1 amide bonds. The zero-order valence-electron chi connectivity index (χ0n) is 22.7. The molecule has 0 unspecified atom stereocenters. The van der Waals surface area contributed by atoms with Crippen LogP contribution in [0.3, 0.4) is 0 Å². The fraction of sp³-hybridized carbons (Fsp3) is 0.440. The van der Waals surface area contributed by atoms with Crippen LogP contribution in [0.4, 0.5) is 15.8 Å². The highest BCUT2D eigenvalue weighted by Gasteiger charge is 2.42. The molecule has 0 aromatic heterocycles. The van der Waals surface area contributed by atoms with Gasteiger partial charge in [-0.1, -0.05) is 38.4 Å². The van der Waals surface area contributed by atoms with Crippen molar-refractivity contribution >= 4 is 80.5 Å². The number of nitrogens with zero attached hydrogens (tertiary/aromatic N) is 1. The molecule has 3 N–H and O–H groups in total. The predicted octanol–water partition coefficient (Wildman–Crippen LogP) is 6.45. The topological polar surface area (TPSA) is 123 Å². The number of amides is 1. The summed E-state index contributed by atoms with van der Waals surface area (Å²) in [7, 11) is -7.19. The highest BCUT2D eigenvalue weighted by molar-refractivity contribution is 9.10. The van der Waals surface area contributed by atoms with Crippen molar-refractivity contribution < 1.29 is 22.0 Å². The van der Waals surface area contributed by atoms with Crippen LogP contribution in [0.5, 0.6) is 5.75 Å². The number of hydrogen-bond acceptors (Lipinski definition) is 7. The van der Waals surface area contributed by atoms with E-state index < -0.39 is 40.9 Å². The first kappa shape index (κ1) is 32.7. The number of piperidine rings is 1. The first-order valence-corrected chi connectivity index (χ1v) is 18.4. The lowest BCUT2D eigenvalue weighted by Gasteiger charge is -2.38. The lowest BCUT2D eigenvalue weighted by atomic mass is 9.97. The van der Waals surface area contributed by atoms with Crippen LogP contribution in [0.1, 0.15) is 33.6 Å². The number of nitrogens with one attached hydrogen (secondary N) is 3. The molecule has 1 fully saturated rings. The molecule has 0 aliphatic carbocycles. The van der Waals surface area contributed by atoms with Gasteiger partial charge in [-0.2, -0.15) is 0 Å². The van der Waals surface area contributed by atoms with Gasteiger partial charge < -0.3 is 25.3 Å². The molecule has 15 heteroatoms. The SMILES string of the molecule is CC(C)(C)[Si](C)(C)Oc1c(NC(=S)Nc2cccc(F)c2Br)ccc(Cl)c1S(=O)(=O)NC(=O)C1CCN([O-])CC1. The van der Waals surface area contributed by atoms with Crippen LogP contribution in [0.15, 0.2) is 39.7 Å². The highest BCUT2D eigenvalue weighted by Crippen LogP contribution is 2.44. The van der Waals surface area contributed by atoms with Gasteiger partial charge in [0.15, 0.2) is 5.11 Å². The minimum Gasteiger partial charge on any atom is -0.785 e. The Morgan fingerprint density at radius 2 is 1.77 bits per heavy atom. The Balaban J connectivity index is 2.03. The fourth-order valence-electron chi connectivity index (χ4n) is 3.66. The van der Waals surface area contributed by atoms with Crippen LogP contribution in [-0.2, 0) is 14.8 Å². The van der Waals surface area contributed by atoms with Gasteiger partial charge in [0.1, 0.15) is 16.5 Å². The molecule has 1 saturated heterocycles. The summed E-state index contributed by atoms with van der Waals surface area (Å²) in [6, 6.07) is 7.28. The molecule has 1 aliphatic rings. The van der Waals surface area contributed by atoms with Gasteiger partial charge in [0, 0.05) is 5.92 Å². The summed E-state index contributed by atoms with van der Waals surface area (Å²) < 4.78 is 50.1. The average molecular weight is 695 g/mol. The van der Waals surface area contributed by atoms with Gasteiger partial charge in [-0.15, -0.1) is 0 Å². The van der Waals surface area contributed by atoms with Gasteiger partial charge in [-0.3, -0.25) is 4.79 Å². The van der Waals surface area contributed by atoms with Crippen LogP contribution in [0, 0.1) is 16.9 Å². The lowest BCUT2D eigenvalue weighted by Crippen LogP contribution is -2.45. The Morgan fingerprint density at radius 3 is 2.38 bits per heavy atom. The van der Waals surface area contributed by atoms with E-state index in [1.54, 1.807) is 6.07 Å². The number of anilines is 2. The van der Waals surface area contributed by atoms with Crippen molar-refractivity contribution in [1.82, 2.24) is 9.79 Å². The second kappa shape index (κ2) is 12.6. The largest absolute Gasteiger partial charge is 0.785 e. The molecule has 2 aromatic rings. The molecule has 1 aliphatic heterocycles. The number of hydrogen-bond donors (Lipinski definition) is 3. The second-order valence-corrected chi connectivity index (χ2v) is 18.9. The van der Waals surface area contributed by atoms with E-state index in [2.05, 4.69) is 31.3 Å². The third-order valence-corrected chi connectivity index (χ3v) is 14.2. The normalized spacial score (nSPS) is 15.4. The summed E-state index contributed by atoms with van der Waals surface area (Å²) in [4.78, 5) is 12.5. The quantitative estimate of drug-likeness (QED) is 0.222. The van der Waals surface area contributed by atoms with E-state index in [0.29, 0.717) is 5.69 Å². The van der Waals surface area contributed by atoms with E-state index in [1.165, 1.54) is 24.3 Å². The number of hydroxylamine groups is 2. The highest BCUT2D eigenvalue weighted by atomic mass is 79.9. The number of thiocarbonyl (C=S) groups is 1. The second-order valence-electron chi connectivity index (χ2n) is 11.0. The molecule has 0 atom stereocenters. The van der Waals surface area contributed by atoms with Crippen molar-refractivity contribution in [3.8, 4) is 5.75 Å². The molecule has 3 rings (SSSR count). The number of sulfonamides is 1. The molecular weight excluding hydrogens is 663 g/mol. The van der Waals surface area contributed by atoms with Crippen molar-refractivity contribution in [2.24, 2.45) is 5.92 Å². The van der Waals surface area contributed by atoms with Crippen LogP contribution in [0.25, 0.3) is 0 Å². The summed E-state index contributed by atoms with van der Waals surface area (Å²) in [5, 5.41) is 17.7. The van der Waals surface area contributed by atoms with E-state index >= 15 is 0 Å². The Bertz CT molecular complexity index is 1400. The van der Waals surface area contributed by atoms with Crippen LogP contribution >= 0.6 is 39.7 Å². The van der Waals surface area contributed by atoms with Crippen LogP contribution < -0.4 is 19.8 Å². The first-order valence-electron chi connectivity index (χ1n) is 12.4. The molecule has 0 radical (unpaired) electrons. The summed E-state index contributed by atoms with van der Waals surface area (Å²) in [6.07, 6.45) is 0.478. The van der Waals surface area contributed by atoms with Crippen molar-refractivity contribution in [3.05, 3.63) is 50.9 Å². The van der Waals surface area contributed by atoms with Crippen molar-refractivity contribution in [1.29, 1.82) is 0 Å². The Kier molecular flexibility index (Phi) is 10.3. The molecular formula is C25H32BrClFN4O5S2Si-. The Morgan fingerprint density at radius 1 is 1.18 bits per heavy atom. The Labute approximate surface area is 254 Å². The zero-order valence-corrected chi connectivity index (χ0v) is 27.7. The molecule has 9 nitrogen and oxygen atoms in total. The maximum Gasteiger partial charge on any atom is 0.269 e. The smallest absolute Gasteiger partial charge is 0.269 e. The number of benzene rings is 2. The number of halogens is 3. The predicted molar refractivity (Wildman–Crippen MR) is 166 cm³/mol. The Hall–Kier alpha value is -1.81. The van der Waals surface area contributed by atoms with Crippen LogP contribution in [-0.4, -0.2) is 45.9 Å². The lowest BCUT2D eigenvalue weighted by molar-refractivity contribution is -0.124. The van der Waals surface area contributed by atoms with E-state index in [9.17, 15) is 22.8 Å². The average Bonchev–Trinajstić information content (AvgIpc) is 2.83. The first-order chi connectivity index (χ1) is 18.4. The monoisotopic (exact) mass is 693 g/mol. The molecule has 0 spiro atoms. The van der Waals surface area contributed by atoms with Gasteiger partial charge in [0.05, 0.1) is 20.9 Å². The molecule has 0 bridgehead atoms. The number of rotatable bonds is 7. The van der Waals surface area contributed by atoms with Crippen molar-refractivity contribution in [2.45, 2.75) is 56.6 Å². The van der Waals surface area contributed by atoms with Gasteiger partial charge in [-0.05, 0) is 96.5 Å². The maximum atomic E-state index is 14.0. The maximum absolute atomic E-state index is 14.0. The summed E-state index contributed by atoms with van der Waals surface area (Å²) in [5.41, 5.74) is 0.536. The molecule has 2 aromatic carbocycles. The molecule has 220 valence electrons. The van der Waals surface area contributed by atoms with Gasteiger partial charge in [-0.25, -0.2) is 17.5 Å². The summed E-state index contributed by atoms with van der Waals surface area (Å²) >= 11 is 15.1. The van der Waals surface area contributed by atoms with E-state index in [0.717, 1.165) is 5.06 Å².